The Morgan fingerprint density at radius 3 is 2.92 bits per heavy atom. The maximum Gasteiger partial charge on any atom is 0.220 e. The van der Waals surface area contributed by atoms with E-state index in [0.717, 1.165) is 50.3 Å². The molecule has 0 saturated carbocycles. The quantitative estimate of drug-likeness (QED) is 0.862. The van der Waals surface area contributed by atoms with Gasteiger partial charge in [0.25, 0.3) is 0 Å². The number of likely N-dealkylation sites (tertiary alicyclic amines) is 1. The summed E-state index contributed by atoms with van der Waals surface area (Å²) in [4.78, 5) is 19.0. The molecule has 1 saturated heterocycles. The second-order valence-corrected chi connectivity index (χ2v) is 7.28. The Morgan fingerprint density at radius 1 is 1.38 bits per heavy atom. The molecule has 1 amide bonds. The van der Waals surface area contributed by atoms with Crippen molar-refractivity contribution in [3.8, 4) is 0 Å². The first-order valence-corrected chi connectivity index (χ1v) is 9.42. The fourth-order valence-electron chi connectivity index (χ4n) is 3.78. The van der Waals surface area contributed by atoms with E-state index in [1.807, 2.05) is 30.9 Å². The van der Waals surface area contributed by atoms with E-state index >= 15 is 0 Å². The lowest BCUT2D eigenvalue weighted by molar-refractivity contribution is -0.122. The number of amides is 1. The molecular weight excluding hydrogens is 326 g/mol. The predicted octanol–water partition coefficient (Wildman–Crippen LogP) is 2.15. The molecule has 1 aliphatic rings. The van der Waals surface area contributed by atoms with Crippen LogP contribution in [0.5, 0.6) is 0 Å². The van der Waals surface area contributed by atoms with Crippen molar-refractivity contribution >= 4 is 5.91 Å². The van der Waals surface area contributed by atoms with Crippen LogP contribution in [0.1, 0.15) is 41.8 Å². The van der Waals surface area contributed by atoms with Gasteiger partial charge in [0.1, 0.15) is 0 Å². The minimum atomic E-state index is 0.140. The second kappa shape index (κ2) is 8.45. The molecule has 1 fully saturated rings. The third-order valence-electron chi connectivity index (χ3n) is 5.26. The Kier molecular flexibility index (Phi) is 6.04. The molecule has 3 rings (SSSR count). The number of pyridine rings is 1. The van der Waals surface area contributed by atoms with Crippen molar-refractivity contribution in [1.29, 1.82) is 0 Å². The Balaban J connectivity index is 1.48. The van der Waals surface area contributed by atoms with Crippen LogP contribution >= 0.6 is 0 Å². The third kappa shape index (κ3) is 4.69. The Hall–Kier alpha value is -2.21. The van der Waals surface area contributed by atoms with Gasteiger partial charge in [-0.1, -0.05) is 6.07 Å². The monoisotopic (exact) mass is 355 g/mol. The molecule has 0 bridgehead atoms. The van der Waals surface area contributed by atoms with Crippen LogP contribution in [-0.4, -0.2) is 44.7 Å². The number of nitrogens with zero attached hydrogens (tertiary/aromatic N) is 4. The summed E-state index contributed by atoms with van der Waals surface area (Å²) >= 11 is 0. The van der Waals surface area contributed by atoms with Crippen LogP contribution < -0.4 is 5.32 Å². The molecule has 6 nitrogen and oxygen atoms in total. The summed E-state index contributed by atoms with van der Waals surface area (Å²) in [7, 11) is 1.95. The van der Waals surface area contributed by atoms with E-state index in [1.54, 1.807) is 6.20 Å². The van der Waals surface area contributed by atoms with Gasteiger partial charge in [-0.15, -0.1) is 0 Å². The number of nitrogens with one attached hydrogen (secondary N) is 1. The van der Waals surface area contributed by atoms with Crippen molar-refractivity contribution < 1.29 is 4.79 Å². The van der Waals surface area contributed by atoms with Crippen LogP contribution in [0, 0.1) is 13.8 Å². The minimum Gasteiger partial charge on any atom is -0.352 e. The zero-order valence-corrected chi connectivity index (χ0v) is 16.0. The van der Waals surface area contributed by atoms with Crippen LogP contribution in [0.25, 0.3) is 0 Å². The van der Waals surface area contributed by atoms with Crippen molar-refractivity contribution in [2.45, 2.75) is 52.1 Å². The smallest absolute Gasteiger partial charge is 0.220 e. The summed E-state index contributed by atoms with van der Waals surface area (Å²) in [5.41, 5.74) is 4.60. The average molecular weight is 355 g/mol. The molecule has 0 aliphatic carbocycles. The summed E-state index contributed by atoms with van der Waals surface area (Å²) in [5, 5.41) is 7.65. The van der Waals surface area contributed by atoms with E-state index in [1.165, 1.54) is 11.1 Å². The standard InChI is InChI=1S/C20H29N5O/c1-15-19(16(2)24(3)23-15)8-9-20(26)22-18-7-5-11-25(14-18)13-17-6-4-10-21-12-17/h4,6,10,12,18H,5,7-9,11,13-14H2,1-3H3,(H,22,26). The van der Waals surface area contributed by atoms with Crippen LogP contribution in [0.2, 0.25) is 0 Å². The van der Waals surface area contributed by atoms with Crippen molar-refractivity contribution in [3.63, 3.8) is 0 Å². The summed E-state index contributed by atoms with van der Waals surface area (Å²) in [6.07, 6.45) is 7.16. The molecule has 1 aliphatic heterocycles. The molecular formula is C20H29N5O. The van der Waals surface area contributed by atoms with Gasteiger partial charge >= 0.3 is 0 Å². The summed E-state index contributed by atoms with van der Waals surface area (Å²) in [5.74, 6) is 0.140. The third-order valence-corrected chi connectivity index (χ3v) is 5.26. The lowest BCUT2D eigenvalue weighted by Gasteiger charge is -2.33. The first-order chi connectivity index (χ1) is 12.5. The van der Waals surface area contributed by atoms with E-state index < -0.39 is 0 Å². The van der Waals surface area contributed by atoms with Crippen LogP contribution in [-0.2, 0) is 24.8 Å². The molecule has 0 spiro atoms. The number of hydrogen-bond acceptors (Lipinski definition) is 4. The number of carbonyl (C=O) groups excluding carboxylic acids is 1. The minimum absolute atomic E-state index is 0.140. The van der Waals surface area contributed by atoms with Crippen molar-refractivity contribution in [2.24, 2.45) is 7.05 Å². The molecule has 140 valence electrons. The van der Waals surface area contributed by atoms with Gasteiger partial charge in [-0.2, -0.15) is 5.10 Å². The topological polar surface area (TPSA) is 63.1 Å². The lowest BCUT2D eigenvalue weighted by atomic mass is 10.0. The van der Waals surface area contributed by atoms with Gasteiger partial charge in [0.15, 0.2) is 0 Å². The maximum absolute atomic E-state index is 12.4. The molecule has 0 radical (unpaired) electrons. The zero-order valence-electron chi connectivity index (χ0n) is 16.0. The summed E-state index contributed by atoms with van der Waals surface area (Å²) < 4.78 is 1.89. The maximum atomic E-state index is 12.4. The molecule has 3 heterocycles. The van der Waals surface area contributed by atoms with E-state index in [0.29, 0.717) is 6.42 Å². The number of carbonyl (C=O) groups is 1. The van der Waals surface area contributed by atoms with Gasteiger partial charge in [0, 0.05) is 50.7 Å². The van der Waals surface area contributed by atoms with Gasteiger partial charge < -0.3 is 5.32 Å². The van der Waals surface area contributed by atoms with Crippen molar-refractivity contribution in [1.82, 2.24) is 25.0 Å². The normalized spacial score (nSPS) is 18.0. The number of piperidine rings is 1. The molecule has 1 atom stereocenters. The summed E-state index contributed by atoms with van der Waals surface area (Å²) in [6.45, 7) is 6.96. The van der Waals surface area contributed by atoms with Crippen molar-refractivity contribution in [3.05, 3.63) is 47.0 Å². The van der Waals surface area contributed by atoms with Gasteiger partial charge in [-0.05, 0) is 56.8 Å². The van der Waals surface area contributed by atoms with Gasteiger partial charge in [0.2, 0.25) is 5.91 Å². The average Bonchev–Trinajstić information content (AvgIpc) is 2.86. The van der Waals surface area contributed by atoms with E-state index in [4.69, 9.17) is 0 Å². The number of aryl methyl sites for hydroxylation is 2. The van der Waals surface area contributed by atoms with Gasteiger partial charge in [-0.3, -0.25) is 19.4 Å². The first-order valence-electron chi connectivity index (χ1n) is 9.42. The summed E-state index contributed by atoms with van der Waals surface area (Å²) in [6, 6.07) is 4.32. The molecule has 1 N–H and O–H groups in total. The number of hydrogen-bond donors (Lipinski definition) is 1. The fourth-order valence-corrected chi connectivity index (χ4v) is 3.78. The number of aromatic nitrogens is 3. The van der Waals surface area contributed by atoms with Crippen LogP contribution in [0.4, 0.5) is 0 Å². The van der Waals surface area contributed by atoms with E-state index in [2.05, 4.69) is 33.3 Å². The number of rotatable bonds is 6. The SMILES string of the molecule is Cc1nn(C)c(C)c1CCC(=O)NC1CCCN(Cc2cccnc2)C1. The zero-order chi connectivity index (χ0) is 18.5. The second-order valence-electron chi connectivity index (χ2n) is 7.28. The molecule has 1 unspecified atom stereocenters. The molecule has 0 aromatic carbocycles. The van der Waals surface area contributed by atoms with Crippen LogP contribution in [0.3, 0.4) is 0 Å². The van der Waals surface area contributed by atoms with Gasteiger partial charge in [-0.25, -0.2) is 0 Å². The fraction of sp³-hybridized carbons (Fsp3) is 0.550. The van der Waals surface area contributed by atoms with Crippen LogP contribution in [0.15, 0.2) is 24.5 Å². The molecule has 6 heteroatoms. The highest BCUT2D eigenvalue weighted by molar-refractivity contribution is 5.76. The van der Waals surface area contributed by atoms with E-state index in [-0.39, 0.29) is 11.9 Å². The Labute approximate surface area is 155 Å². The lowest BCUT2D eigenvalue weighted by Crippen LogP contribution is -2.47. The van der Waals surface area contributed by atoms with Gasteiger partial charge in [0.05, 0.1) is 5.69 Å². The Bertz CT molecular complexity index is 740. The largest absolute Gasteiger partial charge is 0.352 e. The Morgan fingerprint density at radius 2 is 2.23 bits per heavy atom. The highest BCUT2D eigenvalue weighted by atomic mass is 16.1. The van der Waals surface area contributed by atoms with Crippen molar-refractivity contribution in [2.75, 3.05) is 13.1 Å². The van der Waals surface area contributed by atoms with E-state index in [9.17, 15) is 4.79 Å². The predicted molar refractivity (Wildman–Crippen MR) is 102 cm³/mol. The molecule has 2 aromatic rings. The highest BCUT2D eigenvalue weighted by Crippen LogP contribution is 2.16. The first kappa shape index (κ1) is 18.6. The molecule has 2 aromatic heterocycles. The molecule has 26 heavy (non-hydrogen) atoms. The highest BCUT2D eigenvalue weighted by Gasteiger charge is 2.21.